The number of carbonyl (C=O) groups is 3. The van der Waals surface area contributed by atoms with Crippen LogP contribution in [0.4, 0.5) is 10.5 Å². The molecule has 0 radical (unpaired) electrons. The predicted molar refractivity (Wildman–Crippen MR) is 171 cm³/mol. The summed E-state index contributed by atoms with van der Waals surface area (Å²) >= 11 is 12.2. The van der Waals surface area contributed by atoms with Crippen LogP contribution in [0.15, 0.2) is 115 Å². The second-order valence-corrected chi connectivity index (χ2v) is 10.8. The number of imide groups is 2. The normalized spacial score (nSPS) is 14.2. The molecule has 1 aliphatic heterocycles. The standard InChI is InChI=1S/C35H24Cl2N2O5/c36-26-10-8-22(9-11-26)20-43-29-15-13-28(14-16-29)39-34(41)31(33(40)38-35(39)42)19-25-18-27(37)12-17-32(25)44-21-24-6-3-5-23-4-1-2-7-30(23)24/h1-19H,20-21H2,(H,38,40,42)/b31-19+. The molecule has 5 aromatic rings. The molecule has 0 unspecified atom stereocenters. The Hall–Kier alpha value is -5.11. The highest BCUT2D eigenvalue weighted by Crippen LogP contribution is 2.30. The zero-order valence-electron chi connectivity index (χ0n) is 23.1. The van der Waals surface area contributed by atoms with Crippen LogP contribution in [0.25, 0.3) is 16.8 Å². The van der Waals surface area contributed by atoms with Crippen LogP contribution >= 0.6 is 23.2 Å². The zero-order valence-corrected chi connectivity index (χ0v) is 24.6. The summed E-state index contributed by atoms with van der Waals surface area (Å²) in [5.41, 5.74) is 2.34. The Balaban J connectivity index is 1.22. The molecule has 1 N–H and O–H groups in total. The average Bonchev–Trinajstić information content (AvgIpc) is 3.03. The maximum absolute atomic E-state index is 13.6. The lowest BCUT2D eigenvalue weighted by molar-refractivity contribution is -0.122. The van der Waals surface area contributed by atoms with E-state index in [9.17, 15) is 14.4 Å². The van der Waals surface area contributed by atoms with Crippen molar-refractivity contribution in [3.63, 3.8) is 0 Å². The summed E-state index contributed by atoms with van der Waals surface area (Å²) in [6.07, 6.45) is 1.38. The number of hydrogen-bond acceptors (Lipinski definition) is 5. The van der Waals surface area contributed by atoms with E-state index in [0.29, 0.717) is 33.7 Å². The minimum atomic E-state index is -0.856. The summed E-state index contributed by atoms with van der Waals surface area (Å²) in [7, 11) is 0. The molecule has 0 saturated carbocycles. The molecular formula is C35H24Cl2N2O5. The molecule has 0 aliphatic carbocycles. The van der Waals surface area contributed by atoms with Crippen molar-refractivity contribution in [1.29, 1.82) is 0 Å². The van der Waals surface area contributed by atoms with E-state index >= 15 is 0 Å². The number of rotatable bonds is 8. The summed E-state index contributed by atoms with van der Waals surface area (Å²) in [6, 6.07) is 31.7. The molecule has 1 fully saturated rings. The van der Waals surface area contributed by atoms with Gasteiger partial charge in [0.25, 0.3) is 11.8 Å². The van der Waals surface area contributed by atoms with Gasteiger partial charge in [0.05, 0.1) is 5.69 Å². The minimum absolute atomic E-state index is 0.245. The van der Waals surface area contributed by atoms with Crippen LogP contribution in [0.2, 0.25) is 10.0 Å². The molecule has 0 bridgehead atoms. The van der Waals surface area contributed by atoms with Crippen LogP contribution in [0.5, 0.6) is 11.5 Å². The Bertz CT molecular complexity index is 1920. The van der Waals surface area contributed by atoms with Gasteiger partial charge in [-0.3, -0.25) is 14.9 Å². The number of amides is 4. The van der Waals surface area contributed by atoms with Crippen LogP contribution in [0, 0.1) is 0 Å². The molecule has 6 rings (SSSR count). The fraction of sp³-hybridized carbons (Fsp3) is 0.0571. The van der Waals surface area contributed by atoms with Crippen molar-refractivity contribution in [1.82, 2.24) is 5.32 Å². The fourth-order valence-electron chi connectivity index (χ4n) is 4.82. The van der Waals surface area contributed by atoms with Gasteiger partial charge >= 0.3 is 6.03 Å². The zero-order chi connectivity index (χ0) is 30.6. The van der Waals surface area contributed by atoms with E-state index in [1.165, 1.54) is 6.08 Å². The highest BCUT2D eigenvalue weighted by Gasteiger charge is 2.37. The van der Waals surface area contributed by atoms with Gasteiger partial charge in [-0.1, -0.05) is 77.8 Å². The van der Waals surface area contributed by atoms with Gasteiger partial charge in [0.15, 0.2) is 0 Å². The first-order valence-corrected chi connectivity index (χ1v) is 14.4. The van der Waals surface area contributed by atoms with Crippen LogP contribution in [-0.4, -0.2) is 17.8 Å². The number of nitrogens with zero attached hydrogens (tertiary/aromatic N) is 1. The van der Waals surface area contributed by atoms with Gasteiger partial charge in [0, 0.05) is 15.6 Å². The van der Waals surface area contributed by atoms with Crippen molar-refractivity contribution in [3.8, 4) is 11.5 Å². The summed E-state index contributed by atoms with van der Waals surface area (Å²) in [4.78, 5) is 40.1. The summed E-state index contributed by atoms with van der Waals surface area (Å²) in [5.74, 6) is -0.652. The summed E-state index contributed by atoms with van der Waals surface area (Å²) in [6.45, 7) is 0.557. The largest absolute Gasteiger partial charge is 0.489 e. The Morgan fingerprint density at radius 2 is 1.45 bits per heavy atom. The number of anilines is 1. The number of nitrogens with one attached hydrogen (secondary N) is 1. The molecule has 1 aliphatic rings. The van der Waals surface area contributed by atoms with Crippen molar-refractivity contribution < 1.29 is 23.9 Å². The smallest absolute Gasteiger partial charge is 0.335 e. The second-order valence-electron chi connectivity index (χ2n) is 9.98. The first-order chi connectivity index (χ1) is 21.4. The lowest BCUT2D eigenvalue weighted by atomic mass is 10.0. The highest BCUT2D eigenvalue weighted by atomic mass is 35.5. The molecule has 44 heavy (non-hydrogen) atoms. The third kappa shape index (κ3) is 6.29. The van der Waals surface area contributed by atoms with Crippen molar-refractivity contribution in [2.45, 2.75) is 13.2 Å². The van der Waals surface area contributed by atoms with Gasteiger partial charge in [0.1, 0.15) is 30.3 Å². The molecule has 1 saturated heterocycles. The fourth-order valence-corrected chi connectivity index (χ4v) is 5.13. The molecular weight excluding hydrogens is 599 g/mol. The third-order valence-corrected chi connectivity index (χ3v) is 7.54. The highest BCUT2D eigenvalue weighted by molar-refractivity contribution is 6.39. The number of urea groups is 1. The van der Waals surface area contributed by atoms with E-state index in [2.05, 4.69) is 5.32 Å². The van der Waals surface area contributed by atoms with Crippen molar-refractivity contribution in [2.75, 3.05) is 4.90 Å². The van der Waals surface area contributed by atoms with Crippen LogP contribution in [0.3, 0.4) is 0 Å². The lowest BCUT2D eigenvalue weighted by Gasteiger charge is -2.26. The molecule has 7 nitrogen and oxygen atoms in total. The number of benzene rings is 5. The number of fused-ring (bicyclic) bond motifs is 1. The van der Waals surface area contributed by atoms with Gasteiger partial charge in [-0.05, 0) is 82.6 Å². The van der Waals surface area contributed by atoms with Crippen molar-refractivity contribution in [3.05, 3.63) is 142 Å². The van der Waals surface area contributed by atoms with E-state index in [1.807, 2.05) is 54.6 Å². The van der Waals surface area contributed by atoms with Gasteiger partial charge in [-0.15, -0.1) is 0 Å². The monoisotopic (exact) mass is 622 g/mol. The average molecular weight is 623 g/mol. The lowest BCUT2D eigenvalue weighted by Crippen LogP contribution is -2.54. The van der Waals surface area contributed by atoms with Crippen molar-refractivity contribution in [2.24, 2.45) is 0 Å². The first-order valence-electron chi connectivity index (χ1n) is 13.6. The maximum Gasteiger partial charge on any atom is 0.335 e. The molecule has 1 heterocycles. The van der Waals surface area contributed by atoms with Gasteiger partial charge in [0.2, 0.25) is 0 Å². The van der Waals surface area contributed by atoms with Gasteiger partial charge in [-0.25, -0.2) is 9.69 Å². The number of barbiturate groups is 1. The van der Waals surface area contributed by atoms with E-state index in [4.69, 9.17) is 32.7 Å². The van der Waals surface area contributed by atoms with E-state index in [1.54, 1.807) is 54.6 Å². The SMILES string of the molecule is O=C1NC(=O)N(c2ccc(OCc3ccc(Cl)cc3)cc2)C(=O)/C1=C/c1cc(Cl)ccc1OCc1cccc2ccccc12. The van der Waals surface area contributed by atoms with E-state index in [-0.39, 0.29) is 17.9 Å². The second kappa shape index (κ2) is 12.6. The van der Waals surface area contributed by atoms with Gasteiger partial charge in [-0.2, -0.15) is 0 Å². The topological polar surface area (TPSA) is 84.9 Å². The Morgan fingerprint density at radius 1 is 0.727 bits per heavy atom. The Labute approximate surface area is 263 Å². The number of halogens is 2. The van der Waals surface area contributed by atoms with Crippen LogP contribution in [-0.2, 0) is 22.8 Å². The summed E-state index contributed by atoms with van der Waals surface area (Å²) in [5, 5.41) is 5.41. The molecule has 0 aromatic heterocycles. The minimum Gasteiger partial charge on any atom is -0.489 e. The van der Waals surface area contributed by atoms with Crippen molar-refractivity contribution >= 4 is 63.6 Å². The maximum atomic E-state index is 13.6. The van der Waals surface area contributed by atoms with Crippen LogP contribution < -0.4 is 19.7 Å². The third-order valence-electron chi connectivity index (χ3n) is 7.05. The molecule has 5 aromatic carbocycles. The molecule has 9 heteroatoms. The number of hydrogen-bond donors (Lipinski definition) is 1. The van der Waals surface area contributed by atoms with E-state index in [0.717, 1.165) is 26.8 Å². The van der Waals surface area contributed by atoms with Crippen LogP contribution in [0.1, 0.15) is 16.7 Å². The Morgan fingerprint density at radius 3 is 2.25 bits per heavy atom. The van der Waals surface area contributed by atoms with E-state index < -0.39 is 17.8 Å². The molecule has 4 amide bonds. The Kier molecular flexibility index (Phi) is 8.32. The molecule has 0 spiro atoms. The number of carbonyl (C=O) groups excluding carboxylic acids is 3. The predicted octanol–water partition coefficient (Wildman–Crippen LogP) is 7.97. The first kappa shape index (κ1) is 29.0. The summed E-state index contributed by atoms with van der Waals surface area (Å²) < 4.78 is 12.0. The van der Waals surface area contributed by atoms with Gasteiger partial charge < -0.3 is 9.47 Å². The quantitative estimate of drug-likeness (QED) is 0.140. The molecule has 218 valence electrons. The molecule has 0 atom stereocenters. The number of ether oxygens (including phenoxy) is 2.